The number of amides is 1. The highest BCUT2D eigenvalue weighted by atomic mass is 16.2. The minimum Gasteiger partial charge on any atom is -0.322 e. The Hall–Kier alpha value is -0.610. The summed E-state index contributed by atoms with van der Waals surface area (Å²) in [5, 5.41) is 3.65. The fourth-order valence-corrected chi connectivity index (χ4v) is 4.28. The van der Waals surface area contributed by atoms with Gasteiger partial charge in [-0.3, -0.25) is 10.1 Å². The molecule has 1 saturated carbocycles. The maximum atomic E-state index is 12.7. The molecule has 0 spiro atoms. The van der Waals surface area contributed by atoms with Gasteiger partial charge in [0.1, 0.15) is 0 Å². The first-order valence-corrected chi connectivity index (χ1v) is 8.47. The number of rotatable bonds is 3. The van der Waals surface area contributed by atoms with Gasteiger partial charge in [0.15, 0.2) is 0 Å². The van der Waals surface area contributed by atoms with Crippen molar-refractivity contribution in [3.05, 3.63) is 0 Å². The van der Waals surface area contributed by atoms with Crippen LogP contribution in [0.2, 0.25) is 0 Å². The average Bonchev–Trinajstić information content (AvgIpc) is 3.07. The smallest absolute Gasteiger partial charge is 0.241 e. The van der Waals surface area contributed by atoms with Crippen molar-refractivity contribution in [1.82, 2.24) is 15.1 Å². The second-order valence-corrected chi connectivity index (χ2v) is 6.90. The largest absolute Gasteiger partial charge is 0.322 e. The highest BCUT2D eigenvalue weighted by Crippen LogP contribution is 2.34. The van der Waals surface area contributed by atoms with Crippen LogP contribution in [0.15, 0.2) is 0 Å². The number of likely N-dealkylation sites (tertiary alicyclic amines) is 1. The number of hydrogen-bond acceptors (Lipinski definition) is 3. The van der Waals surface area contributed by atoms with Gasteiger partial charge in [-0.25, -0.2) is 0 Å². The minimum absolute atomic E-state index is 0.0697. The lowest BCUT2D eigenvalue weighted by molar-refractivity contribution is -0.134. The van der Waals surface area contributed by atoms with E-state index in [-0.39, 0.29) is 6.04 Å². The Balaban J connectivity index is 1.74. The monoisotopic (exact) mass is 279 g/mol. The Labute approximate surface area is 122 Å². The first-order chi connectivity index (χ1) is 9.70. The van der Waals surface area contributed by atoms with Gasteiger partial charge in [-0.15, -0.1) is 0 Å². The van der Waals surface area contributed by atoms with E-state index in [2.05, 4.69) is 29.1 Å². The van der Waals surface area contributed by atoms with Crippen molar-refractivity contribution in [3.8, 4) is 0 Å². The summed E-state index contributed by atoms with van der Waals surface area (Å²) in [5.41, 5.74) is 0. The molecule has 3 rings (SSSR count). The average molecular weight is 279 g/mol. The first kappa shape index (κ1) is 14.3. The van der Waals surface area contributed by atoms with Crippen LogP contribution in [0.1, 0.15) is 51.9 Å². The summed E-state index contributed by atoms with van der Waals surface area (Å²) in [6.07, 6.45) is 8.81. The number of carbonyl (C=O) groups excluding carboxylic acids is 1. The van der Waals surface area contributed by atoms with E-state index in [9.17, 15) is 4.79 Å². The van der Waals surface area contributed by atoms with Gasteiger partial charge in [0.25, 0.3) is 0 Å². The molecule has 2 saturated heterocycles. The normalized spacial score (nSPS) is 34.3. The highest BCUT2D eigenvalue weighted by Gasteiger charge is 2.45. The van der Waals surface area contributed by atoms with Gasteiger partial charge in [0.05, 0.1) is 12.2 Å². The molecule has 2 unspecified atom stereocenters. The standard InChI is InChI=1S/C16H29N3O/c1-3-14-16(20)19(13-8-10-18(2)11-9-13)15(17-14)12-6-4-5-7-12/h12-15,17H,3-11H2,1-2H3. The number of nitrogens with one attached hydrogen (secondary N) is 1. The van der Waals surface area contributed by atoms with Gasteiger partial charge >= 0.3 is 0 Å². The fraction of sp³-hybridized carbons (Fsp3) is 0.938. The number of carbonyl (C=O) groups is 1. The Morgan fingerprint density at radius 2 is 1.80 bits per heavy atom. The van der Waals surface area contributed by atoms with E-state index in [4.69, 9.17) is 0 Å². The molecular weight excluding hydrogens is 250 g/mol. The van der Waals surface area contributed by atoms with E-state index in [1.807, 2.05) is 0 Å². The predicted molar refractivity (Wildman–Crippen MR) is 80.3 cm³/mol. The molecule has 0 aromatic carbocycles. The summed E-state index contributed by atoms with van der Waals surface area (Å²) < 4.78 is 0. The molecule has 1 amide bonds. The Morgan fingerprint density at radius 1 is 1.15 bits per heavy atom. The molecule has 1 aliphatic carbocycles. The van der Waals surface area contributed by atoms with Gasteiger partial charge in [0.2, 0.25) is 5.91 Å². The first-order valence-electron chi connectivity index (χ1n) is 8.47. The number of nitrogens with zero attached hydrogens (tertiary/aromatic N) is 2. The number of hydrogen-bond donors (Lipinski definition) is 1. The van der Waals surface area contributed by atoms with E-state index in [1.54, 1.807) is 0 Å². The summed E-state index contributed by atoms with van der Waals surface area (Å²) >= 11 is 0. The molecule has 0 aromatic rings. The van der Waals surface area contributed by atoms with Crippen LogP contribution in [0.5, 0.6) is 0 Å². The van der Waals surface area contributed by atoms with E-state index in [1.165, 1.54) is 25.7 Å². The Bertz CT molecular complexity index is 346. The molecular formula is C16H29N3O. The van der Waals surface area contributed by atoms with Crippen LogP contribution in [-0.4, -0.2) is 54.1 Å². The van der Waals surface area contributed by atoms with Crippen molar-refractivity contribution in [2.45, 2.75) is 70.1 Å². The van der Waals surface area contributed by atoms with Crippen molar-refractivity contribution in [1.29, 1.82) is 0 Å². The van der Waals surface area contributed by atoms with Gasteiger partial charge in [-0.2, -0.15) is 0 Å². The van der Waals surface area contributed by atoms with Crippen molar-refractivity contribution in [3.63, 3.8) is 0 Å². The minimum atomic E-state index is 0.0697. The van der Waals surface area contributed by atoms with Crippen LogP contribution in [-0.2, 0) is 4.79 Å². The third kappa shape index (κ3) is 2.60. The summed E-state index contributed by atoms with van der Waals surface area (Å²) in [4.78, 5) is 17.4. The highest BCUT2D eigenvalue weighted by molar-refractivity contribution is 5.84. The molecule has 0 radical (unpaired) electrons. The molecule has 4 heteroatoms. The topological polar surface area (TPSA) is 35.6 Å². The molecule has 0 aromatic heterocycles. The summed E-state index contributed by atoms with van der Waals surface area (Å²) in [6, 6.07) is 0.536. The second-order valence-electron chi connectivity index (χ2n) is 6.90. The van der Waals surface area contributed by atoms with Crippen molar-refractivity contribution >= 4 is 5.91 Å². The van der Waals surface area contributed by atoms with E-state index in [0.717, 1.165) is 32.4 Å². The fourth-order valence-electron chi connectivity index (χ4n) is 4.28. The molecule has 2 aliphatic heterocycles. The van der Waals surface area contributed by atoms with Crippen molar-refractivity contribution < 1.29 is 4.79 Å². The van der Waals surface area contributed by atoms with Crippen LogP contribution in [0.25, 0.3) is 0 Å². The molecule has 20 heavy (non-hydrogen) atoms. The van der Waals surface area contributed by atoms with E-state index < -0.39 is 0 Å². The molecule has 0 bridgehead atoms. The maximum Gasteiger partial charge on any atom is 0.241 e. The van der Waals surface area contributed by atoms with Crippen molar-refractivity contribution in [2.75, 3.05) is 20.1 Å². The zero-order chi connectivity index (χ0) is 14.1. The van der Waals surface area contributed by atoms with Gasteiger partial charge < -0.3 is 9.80 Å². The maximum absolute atomic E-state index is 12.7. The van der Waals surface area contributed by atoms with E-state index in [0.29, 0.717) is 24.0 Å². The molecule has 4 nitrogen and oxygen atoms in total. The van der Waals surface area contributed by atoms with Crippen LogP contribution in [0.4, 0.5) is 0 Å². The third-order valence-electron chi connectivity index (χ3n) is 5.56. The summed E-state index contributed by atoms with van der Waals surface area (Å²) in [5.74, 6) is 1.06. The molecule has 1 N–H and O–H groups in total. The lowest BCUT2D eigenvalue weighted by Gasteiger charge is -2.39. The van der Waals surface area contributed by atoms with Crippen LogP contribution in [0, 0.1) is 5.92 Å². The zero-order valence-electron chi connectivity index (χ0n) is 13.0. The van der Waals surface area contributed by atoms with Crippen LogP contribution < -0.4 is 5.32 Å². The lowest BCUT2D eigenvalue weighted by Crippen LogP contribution is -2.51. The summed E-state index contributed by atoms with van der Waals surface area (Å²) in [6.45, 7) is 4.38. The van der Waals surface area contributed by atoms with Crippen molar-refractivity contribution in [2.24, 2.45) is 5.92 Å². The van der Waals surface area contributed by atoms with Gasteiger partial charge in [-0.05, 0) is 58.2 Å². The molecule has 114 valence electrons. The summed E-state index contributed by atoms with van der Waals surface area (Å²) in [7, 11) is 2.18. The quantitative estimate of drug-likeness (QED) is 0.856. The van der Waals surface area contributed by atoms with Gasteiger partial charge in [0, 0.05) is 6.04 Å². The molecule has 3 aliphatic rings. The molecule has 2 heterocycles. The second kappa shape index (κ2) is 6.02. The van der Waals surface area contributed by atoms with Crippen LogP contribution in [0.3, 0.4) is 0 Å². The zero-order valence-corrected chi connectivity index (χ0v) is 13.0. The lowest BCUT2D eigenvalue weighted by atomic mass is 9.98. The van der Waals surface area contributed by atoms with Crippen LogP contribution >= 0.6 is 0 Å². The number of piperidine rings is 1. The molecule has 2 atom stereocenters. The molecule has 3 fully saturated rings. The van der Waals surface area contributed by atoms with E-state index >= 15 is 0 Å². The van der Waals surface area contributed by atoms with Gasteiger partial charge in [-0.1, -0.05) is 19.8 Å². The Kier molecular flexibility index (Phi) is 4.32. The predicted octanol–water partition coefficient (Wildman–Crippen LogP) is 1.81. The third-order valence-corrected chi connectivity index (χ3v) is 5.56. The SMILES string of the molecule is CCC1NC(C2CCCC2)N(C2CCN(C)CC2)C1=O. The Morgan fingerprint density at radius 3 is 2.40 bits per heavy atom.